The first-order chi connectivity index (χ1) is 7.70. The summed E-state index contributed by atoms with van der Waals surface area (Å²) in [6.45, 7) is 3.06. The normalized spacial score (nSPS) is 25.8. The number of pyridine rings is 1. The third-order valence-electron chi connectivity index (χ3n) is 3.04. The molecule has 0 amide bonds. The molecule has 3 nitrogen and oxygen atoms in total. The second-order valence-corrected chi connectivity index (χ2v) is 4.18. The van der Waals surface area contributed by atoms with Crippen LogP contribution >= 0.6 is 0 Å². The lowest BCUT2D eigenvalue weighted by atomic mass is 10.1. The van der Waals surface area contributed by atoms with Crippen molar-refractivity contribution in [1.29, 1.82) is 0 Å². The van der Waals surface area contributed by atoms with E-state index in [0.29, 0.717) is 19.5 Å². The topological polar surface area (TPSA) is 36.4 Å². The molecule has 0 bridgehead atoms. The summed E-state index contributed by atoms with van der Waals surface area (Å²) in [6.07, 6.45) is 1.13. The minimum Gasteiger partial charge on any atom is -0.388 e. The van der Waals surface area contributed by atoms with Gasteiger partial charge in [0.05, 0.1) is 11.9 Å². The SMILES string of the molecule is CCc1ccc(N2CC[C@@H](F)[C@@H](O)C2)cn1. The predicted octanol–water partition coefficient (Wildman–Crippen LogP) is 1.55. The summed E-state index contributed by atoms with van der Waals surface area (Å²) in [5, 5.41) is 9.47. The minimum atomic E-state index is -1.08. The Hall–Kier alpha value is -1.16. The van der Waals surface area contributed by atoms with Crippen molar-refractivity contribution in [2.75, 3.05) is 18.0 Å². The van der Waals surface area contributed by atoms with E-state index in [0.717, 1.165) is 17.8 Å². The van der Waals surface area contributed by atoms with Crippen LogP contribution < -0.4 is 4.90 Å². The van der Waals surface area contributed by atoms with Gasteiger partial charge >= 0.3 is 0 Å². The Morgan fingerprint density at radius 1 is 1.56 bits per heavy atom. The molecule has 1 aromatic rings. The number of alkyl halides is 1. The maximum absolute atomic E-state index is 13.1. The van der Waals surface area contributed by atoms with Crippen molar-refractivity contribution >= 4 is 5.69 Å². The number of aromatic nitrogens is 1. The molecule has 0 unspecified atom stereocenters. The first kappa shape index (κ1) is 11.3. The first-order valence-corrected chi connectivity index (χ1v) is 5.72. The second-order valence-electron chi connectivity index (χ2n) is 4.18. The number of β-amino-alcohol motifs (C(OH)–C–C–N with tert-alkyl or cyclic N) is 1. The Morgan fingerprint density at radius 2 is 2.38 bits per heavy atom. The van der Waals surface area contributed by atoms with Crippen molar-refractivity contribution < 1.29 is 9.50 Å². The van der Waals surface area contributed by atoms with Crippen LogP contribution in [0.15, 0.2) is 18.3 Å². The summed E-state index contributed by atoms with van der Waals surface area (Å²) in [4.78, 5) is 6.28. The third-order valence-corrected chi connectivity index (χ3v) is 3.04. The zero-order chi connectivity index (χ0) is 11.5. The number of aliphatic hydroxyl groups is 1. The Morgan fingerprint density at radius 3 is 2.94 bits per heavy atom. The molecule has 1 aromatic heterocycles. The number of nitrogens with zero attached hydrogens (tertiary/aromatic N) is 2. The molecule has 1 aliphatic rings. The zero-order valence-corrected chi connectivity index (χ0v) is 9.43. The van der Waals surface area contributed by atoms with Crippen LogP contribution in [0.3, 0.4) is 0 Å². The van der Waals surface area contributed by atoms with Gasteiger partial charge in [0.25, 0.3) is 0 Å². The van der Waals surface area contributed by atoms with Crippen molar-refractivity contribution in [2.45, 2.75) is 32.0 Å². The molecule has 2 rings (SSSR count). The molecule has 0 aliphatic carbocycles. The highest BCUT2D eigenvalue weighted by Crippen LogP contribution is 2.21. The minimum absolute atomic E-state index is 0.355. The van der Waals surface area contributed by atoms with Crippen molar-refractivity contribution in [3.63, 3.8) is 0 Å². The van der Waals surface area contributed by atoms with Gasteiger partial charge in [0, 0.05) is 18.8 Å². The average molecular weight is 224 g/mol. The molecule has 2 heterocycles. The summed E-state index contributed by atoms with van der Waals surface area (Å²) in [7, 11) is 0. The maximum atomic E-state index is 13.1. The maximum Gasteiger partial charge on any atom is 0.129 e. The summed E-state index contributed by atoms with van der Waals surface area (Å²) in [6, 6.07) is 3.96. The fraction of sp³-hybridized carbons (Fsp3) is 0.583. The smallest absolute Gasteiger partial charge is 0.129 e. The molecule has 0 spiro atoms. The Labute approximate surface area is 94.9 Å². The molecule has 88 valence electrons. The van der Waals surface area contributed by atoms with Crippen LogP contribution in [0.25, 0.3) is 0 Å². The number of halogens is 1. The number of rotatable bonds is 2. The fourth-order valence-electron chi connectivity index (χ4n) is 1.95. The van der Waals surface area contributed by atoms with Crippen LogP contribution in [0.2, 0.25) is 0 Å². The van der Waals surface area contributed by atoms with E-state index in [2.05, 4.69) is 11.9 Å². The molecule has 1 saturated heterocycles. The first-order valence-electron chi connectivity index (χ1n) is 5.72. The van der Waals surface area contributed by atoms with E-state index in [4.69, 9.17) is 0 Å². The van der Waals surface area contributed by atoms with Gasteiger partial charge in [0.1, 0.15) is 12.3 Å². The van der Waals surface area contributed by atoms with Gasteiger partial charge in [-0.2, -0.15) is 0 Å². The largest absolute Gasteiger partial charge is 0.388 e. The molecule has 4 heteroatoms. The van der Waals surface area contributed by atoms with Crippen LogP contribution in [-0.4, -0.2) is 35.5 Å². The standard InChI is InChI=1S/C12H17FN2O/c1-2-9-3-4-10(7-14-9)15-6-5-11(13)12(16)8-15/h3-4,7,11-12,16H,2,5-6,8H2,1H3/t11-,12+/m1/s1. The van der Waals surface area contributed by atoms with Gasteiger partial charge in [0.2, 0.25) is 0 Å². The van der Waals surface area contributed by atoms with Crippen LogP contribution in [0.1, 0.15) is 19.0 Å². The monoisotopic (exact) mass is 224 g/mol. The summed E-state index contributed by atoms with van der Waals surface area (Å²) in [5.74, 6) is 0. The number of aryl methyl sites for hydroxylation is 1. The lowest BCUT2D eigenvalue weighted by Gasteiger charge is -2.33. The average Bonchev–Trinajstić information content (AvgIpc) is 2.33. The number of hydrogen-bond donors (Lipinski definition) is 1. The number of piperidine rings is 1. The molecule has 16 heavy (non-hydrogen) atoms. The molecule has 2 atom stereocenters. The second kappa shape index (κ2) is 4.78. The van der Waals surface area contributed by atoms with Crippen LogP contribution in [-0.2, 0) is 6.42 Å². The van der Waals surface area contributed by atoms with Crippen LogP contribution in [0, 0.1) is 0 Å². The number of anilines is 1. The molecular weight excluding hydrogens is 207 g/mol. The van der Waals surface area contributed by atoms with Gasteiger partial charge < -0.3 is 10.0 Å². The fourth-order valence-corrected chi connectivity index (χ4v) is 1.95. The van der Waals surface area contributed by atoms with Gasteiger partial charge in [-0.15, -0.1) is 0 Å². The Bertz CT molecular complexity index is 341. The number of aliphatic hydroxyl groups excluding tert-OH is 1. The van der Waals surface area contributed by atoms with E-state index in [1.165, 1.54) is 0 Å². The Balaban J connectivity index is 2.06. The molecule has 1 fully saturated rings. The van der Waals surface area contributed by atoms with Gasteiger partial charge in [0.15, 0.2) is 0 Å². The summed E-state index contributed by atoms with van der Waals surface area (Å²) >= 11 is 0. The predicted molar refractivity (Wildman–Crippen MR) is 61.3 cm³/mol. The van der Waals surface area contributed by atoms with Gasteiger partial charge in [-0.25, -0.2) is 4.39 Å². The summed E-state index contributed by atoms with van der Waals surface area (Å²) in [5.41, 5.74) is 2.01. The Kier molecular flexibility index (Phi) is 3.39. The molecule has 0 aromatic carbocycles. The van der Waals surface area contributed by atoms with E-state index in [9.17, 15) is 9.50 Å². The van der Waals surface area contributed by atoms with E-state index in [-0.39, 0.29) is 0 Å². The van der Waals surface area contributed by atoms with Crippen molar-refractivity contribution in [3.8, 4) is 0 Å². The van der Waals surface area contributed by atoms with Gasteiger partial charge in [-0.1, -0.05) is 6.92 Å². The lowest BCUT2D eigenvalue weighted by Crippen LogP contribution is -2.45. The molecule has 0 radical (unpaired) electrons. The van der Waals surface area contributed by atoms with Crippen LogP contribution in [0.5, 0.6) is 0 Å². The van der Waals surface area contributed by atoms with Gasteiger partial charge in [-0.05, 0) is 25.0 Å². The molecule has 0 saturated carbocycles. The van der Waals surface area contributed by atoms with E-state index in [1.54, 1.807) is 6.20 Å². The van der Waals surface area contributed by atoms with E-state index >= 15 is 0 Å². The highest BCUT2D eigenvalue weighted by molar-refractivity contribution is 5.45. The lowest BCUT2D eigenvalue weighted by molar-refractivity contribution is 0.0645. The quantitative estimate of drug-likeness (QED) is 0.828. The molecule has 1 aliphatic heterocycles. The van der Waals surface area contributed by atoms with E-state index < -0.39 is 12.3 Å². The van der Waals surface area contributed by atoms with Crippen LogP contribution in [0.4, 0.5) is 10.1 Å². The molecular formula is C12H17FN2O. The highest BCUT2D eigenvalue weighted by Gasteiger charge is 2.27. The molecule has 1 N–H and O–H groups in total. The van der Waals surface area contributed by atoms with Crippen molar-refractivity contribution in [3.05, 3.63) is 24.0 Å². The van der Waals surface area contributed by atoms with Crippen molar-refractivity contribution in [2.24, 2.45) is 0 Å². The van der Waals surface area contributed by atoms with Gasteiger partial charge in [-0.3, -0.25) is 4.98 Å². The van der Waals surface area contributed by atoms with E-state index in [1.807, 2.05) is 17.0 Å². The highest BCUT2D eigenvalue weighted by atomic mass is 19.1. The van der Waals surface area contributed by atoms with Crippen molar-refractivity contribution in [1.82, 2.24) is 4.98 Å². The summed E-state index contributed by atoms with van der Waals surface area (Å²) < 4.78 is 13.1. The third kappa shape index (κ3) is 2.32. The zero-order valence-electron chi connectivity index (χ0n) is 9.43. The number of hydrogen-bond acceptors (Lipinski definition) is 3.